The van der Waals surface area contributed by atoms with Crippen molar-refractivity contribution in [3.05, 3.63) is 22.6 Å². The zero-order valence-electron chi connectivity index (χ0n) is 9.84. The first-order valence-corrected chi connectivity index (χ1v) is 7.09. The molecule has 0 aliphatic heterocycles. The Labute approximate surface area is 106 Å². The summed E-state index contributed by atoms with van der Waals surface area (Å²) in [6.45, 7) is 3.16. The van der Waals surface area contributed by atoms with Crippen molar-refractivity contribution >= 4 is 15.9 Å². The van der Waals surface area contributed by atoms with Crippen LogP contribution in [0.2, 0.25) is 0 Å². The van der Waals surface area contributed by atoms with Crippen LogP contribution in [0.1, 0.15) is 50.8 Å². The van der Waals surface area contributed by atoms with Crippen molar-refractivity contribution in [2.75, 3.05) is 6.54 Å². The van der Waals surface area contributed by atoms with Crippen LogP contribution in [-0.4, -0.2) is 6.54 Å². The Bertz CT molecular complexity index is 317. The van der Waals surface area contributed by atoms with Gasteiger partial charge in [0.15, 0.2) is 4.67 Å². The lowest BCUT2D eigenvalue weighted by Gasteiger charge is -2.29. The topological polar surface area (TPSA) is 25.2 Å². The number of rotatable bonds is 4. The van der Waals surface area contributed by atoms with Crippen LogP contribution in [-0.2, 0) is 0 Å². The summed E-state index contributed by atoms with van der Waals surface area (Å²) in [6, 6.07) is 4.48. The van der Waals surface area contributed by atoms with Crippen molar-refractivity contribution in [1.29, 1.82) is 0 Å². The van der Waals surface area contributed by atoms with Gasteiger partial charge in [-0.05, 0) is 53.4 Å². The summed E-state index contributed by atoms with van der Waals surface area (Å²) in [5.74, 6) is 1.83. The maximum atomic E-state index is 5.71. The molecule has 1 aliphatic carbocycles. The molecule has 2 nitrogen and oxygen atoms in total. The summed E-state index contributed by atoms with van der Waals surface area (Å²) in [6.07, 6.45) is 6.80. The molecule has 1 unspecified atom stereocenters. The van der Waals surface area contributed by atoms with Crippen LogP contribution in [0.15, 0.2) is 21.2 Å². The lowest BCUT2D eigenvalue weighted by Crippen LogP contribution is -2.29. The molecule has 0 bridgehead atoms. The van der Waals surface area contributed by atoms with E-state index in [-0.39, 0.29) is 0 Å². The van der Waals surface area contributed by atoms with Crippen LogP contribution < -0.4 is 5.32 Å². The predicted octanol–water partition coefficient (Wildman–Crippen LogP) is 4.27. The van der Waals surface area contributed by atoms with Crippen LogP contribution >= 0.6 is 15.9 Å². The minimum Gasteiger partial charge on any atom is -0.453 e. The van der Waals surface area contributed by atoms with E-state index in [9.17, 15) is 0 Å². The van der Waals surface area contributed by atoms with Gasteiger partial charge in [-0.25, -0.2) is 0 Å². The molecule has 1 saturated carbocycles. The Hall–Kier alpha value is -0.280. The van der Waals surface area contributed by atoms with Gasteiger partial charge in [0.1, 0.15) is 5.76 Å². The van der Waals surface area contributed by atoms with Gasteiger partial charge in [0.2, 0.25) is 0 Å². The Morgan fingerprint density at radius 3 is 2.69 bits per heavy atom. The average molecular weight is 286 g/mol. The Morgan fingerprint density at radius 2 is 2.12 bits per heavy atom. The maximum absolute atomic E-state index is 5.71. The molecular formula is C13H20BrNO. The zero-order chi connectivity index (χ0) is 11.4. The molecule has 1 N–H and O–H groups in total. The van der Waals surface area contributed by atoms with Crippen molar-refractivity contribution in [2.45, 2.75) is 45.1 Å². The number of nitrogens with one attached hydrogen (secondary N) is 1. The third-order valence-corrected chi connectivity index (χ3v) is 3.87. The van der Waals surface area contributed by atoms with Crippen molar-refractivity contribution < 1.29 is 4.42 Å². The minimum absolute atomic E-state index is 0.400. The molecule has 1 aromatic rings. The largest absolute Gasteiger partial charge is 0.453 e. The number of halogens is 1. The molecular weight excluding hydrogens is 266 g/mol. The molecule has 2 rings (SSSR count). The summed E-state index contributed by atoms with van der Waals surface area (Å²) in [5, 5.41) is 3.57. The molecule has 1 aliphatic rings. The number of furan rings is 1. The van der Waals surface area contributed by atoms with Crippen LogP contribution in [0.5, 0.6) is 0 Å². The highest BCUT2D eigenvalue weighted by atomic mass is 79.9. The summed E-state index contributed by atoms with van der Waals surface area (Å²) < 4.78 is 6.54. The molecule has 90 valence electrons. The highest BCUT2D eigenvalue weighted by Crippen LogP contribution is 2.35. The van der Waals surface area contributed by atoms with Crippen molar-refractivity contribution in [3.8, 4) is 0 Å². The van der Waals surface area contributed by atoms with Crippen molar-refractivity contribution in [2.24, 2.45) is 5.92 Å². The van der Waals surface area contributed by atoms with E-state index in [4.69, 9.17) is 4.42 Å². The van der Waals surface area contributed by atoms with Crippen LogP contribution in [0.3, 0.4) is 0 Å². The highest BCUT2D eigenvalue weighted by Gasteiger charge is 2.26. The van der Waals surface area contributed by atoms with Gasteiger partial charge >= 0.3 is 0 Å². The van der Waals surface area contributed by atoms with Gasteiger partial charge in [0, 0.05) is 0 Å². The SMILES string of the molecule is CCNC(c1ccc(Br)o1)C1CCCCC1. The van der Waals surface area contributed by atoms with Gasteiger partial charge in [0.25, 0.3) is 0 Å². The first-order chi connectivity index (χ1) is 7.81. The maximum Gasteiger partial charge on any atom is 0.169 e. The van der Waals surface area contributed by atoms with Crippen LogP contribution in [0.4, 0.5) is 0 Å². The van der Waals surface area contributed by atoms with E-state index >= 15 is 0 Å². The van der Waals surface area contributed by atoms with Gasteiger partial charge in [-0.15, -0.1) is 0 Å². The fraction of sp³-hybridized carbons (Fsp3) is 0.692. The molecule has 0 saturated heterocycles. The molecule has 1 fully saturated rings. The second kappa shape index (κ2) is 5.87. The van der Waals surface area contributed by atoms with Crippen molar-refractivity contribution in [3.63, 3.8) is 0 Å². The first-order valence-electron chi connectivity index (χ1n) is 6.30. The molecule has 1 atom stereocenters. The average Bonchev–Trinajstić information content (AvgIpc) is 2.74. The summed E-state index contributed by atoms with van der Waals surface area (Å²) in [5.41, 5.74) is 0. The monoisotopic (exact) mass is 285 g/mol. The molecule has 3 heteroatoms. The van der Waals surface area contributed by atoms with Crippen LogP contribution in [0.25, 0.3) is 0 Å². The van der Waals surface area contributed by atoms with E-state index in [0.717, 1.165) is 22.9 Å². The third kappa shape index (κ3) is 2.89. The van der Waals surface area contributed by atoms with E-state index in [1.165, 1.54) is 32.1 Å². The summed E-state index contributed by atoms with van der Waals surface area (Å²) in [4.78, 5) is 0. The minimum atomic E-state index is 0.400. The van der Waals surface area contributed by atoms with Gasteiger partial charge in [-0.3, -0.25) is 0 Å². The summed E-state index contributed by atoms with van der Waals surface area (Å²) >= 11 is 3.38. The van der Waals surface area contributed by atoms with Gasteiger partial charge in [0.05, 0.1) is 6.04 Å². The second-order valence-corrected chi connectivity index (χ2v) is 5.36. The normalized spacial score (nSPS) is 19.9. The highest BCUT2D eigenvalue weighted by molar-refractivity contribution is 9.10. The molecule has 1 aromatic heterocycles. The predicted molar refractivity (Wildman–Crippen MR) is 69.4 cm³/mol. The van der Waals surface area contributed by atoms with E-state index in [0.29, 0.717) is 6.04 Å². The van der Waals surface area contributed by atoms with Gasteiger partial charge in [-0.2, -0.15) is 0 Å². The smallest absolute Gasteiger partial charge is 0.169 e. The fourth-order valence-electron chi connectivity index (χ4n) is 2.68. The molecule has 0 amide bonds. The van der Waals surface area contributed by atoms with Gasteiger partial charge in [-0.1, -0.05) is 26.2 Å². The number of hydrogen-bond acceptors (Lipinski definition) is 2. The van der Waals surface area contributed by atoms with Gasteiger partial charge < -0.3 is 9.73 Å². The lowest BCUT2D eigenvalue weighted by atomic mass is 9.83. The Morgan fingerprint density at radius 1 is 1.38 bits per heavy atom. The molecule has 0 spiro atoms. The Balaban J connectivity index is 2.09. The number of hydrogen-bond donors (Lipinski definition) is 1. The molecule has 16 heavy (non-hydrogen) atoms. The fourth-order valence-corrected chi connectivity index (χ4v) is 3.00. The van der Waals surface area contributed by atoms with E-state index in [2.05, 4.69) is 34.2 Å². The Kier molecular flexibility index (Phi) is 4.47. The van der Waals surface area contributed by atoms with Crippen LogP contribution in [0, 0.1) is 5.92 Å². The zero-order valence-corrected chi connectivity index (χ0v) is 11.4. The standard InChI is InChI=1S/C13H20BrNO/c1-2-15-13(10-6-4-3-5-7-10)11-8-9-12(14)16-11/h8-10,13,15H,2-7H2,1H3. The first kappa shape index (κ1) is 12.2. The molecule has 0 radical (unpaired) electrons. The summed E-state index contributed by atoms with van der Waals surface area (Å²) in [7, 11) is 0. The van der Waals surface area contributed by atoms with Crippen molar-refractivity contribution in [1.82, 2.24) is 5.32 Å². The quantitative estimate of drug-likeness (QED) is 0.894. The molecule has 1 heterocycles. The third-order valence-electron chi connectivity index (χ3n) is 3.45. The lowest BCUT2D eigenvalue weighted by molar-refractivity contribution is 0.245. The van der Waals surface area contributed by atoms with E-state index < -0.39 is 0 Å². The molecule has 0 aromatic carbocycles. The second-order valence-electron chi connectivity index (χ2n) is 4.58. The van der Waals surface area contributed by atoms with E-state index in [1.807, 2.05) is 6.07 Å². The van der Waals surface area contributed by atoms with E-state index in [1.54, 1.807) is 0 Å².